The molecule has 4 heterocycles. The van der Waals surface area contributed by atoms with Gasteiger partial charge in [-0.25, -0.2) is 0 Å². The van der Waals surface area contributed by atoms with Crippen LogP contribution in [0.4, 0.5) is 0 Å². The van der Waals surface area contributed by atoms with E-state index in [0.29, 0.717) is 24.4 Å². The van der Waals surface area contributed by atoms with Crippen LogP contribution in [-0.4, -0.2) is 81.3 Å². The molecule has 3 saturated heterocycles. The second-order valence-corrected chi connectivity index (χ2v) is 14.0. The largest absolute Gasteiger partial charge is 0.383 e. The van der Waals surface area contributed by atoms with E-state index in [9.17, 15) is 19.9 Å². The first-order chi connectivity index (χ1) is 16.8. The summed E-state index contributed by atoms with van der Waals surface area (Å²) in [6.45, 7) is 7.93. The van der Waals surface area contributed by atoms with Crippen molar-refractivity contribution in [1.82, 2.24) is 10.6 Å². The van der Waals surface area contributed by atoms with Crippen LogP contribution in [0.15, 0.2) is 12.2 Å². The van der Waals surface area contributed by atoms with Crippen LogP contribution in [-0.2, 0) is 14.3 Å². The summed E-state index contributed by atoms with van der Waals surface area (Å²) in [6.07, 6.45) is 8.29. The summed E-state index contributed by atoms with van der Waals surface area (Å²) in [7, 11) is -2.07. The molecule has 8 nitrogen and oxygen atoms in total. The van der Waals surface area contributed by atoms with Gasteiger partial charge in [0.05, 0.1) is 20.3 Å². The molecule has 3 fully saturated rings. The third-order valence-electron chi connectivity index (χ3n) is 7.79. The lowest BCUT2D eigenvalue weighted by atomic mass is 9.85. The van der Waals surface area contributed by atoms with Crippen molar-refractivity contribution in [1.29, 1.82) is 0 Å². The van der Waals surface area contributed by atoms with Crippen molar-refractivity contribution < 1.29 is 29.4 Å². The zero-order valence-corrected chi connectivity index (χ0v) is 22.8. The summed E-state index contributed by atoms with van der Waals surface area (Å²) in [4.78, 5) is 24.2. The van der Waals surface area contributed by atoms with E-state index in [-0.39, 0.29) is 17.9 Å². The first-order valence-electron chi connectivity index (χ1n) is 13.2. The number of hydrogen-bond donors (Lipinski definition) is 5. The number of nitrogens with one attached hydrogen (secondary N) is 2. The highest BCUT2D eigenvalue weighted by molar-refractivity contribution is 8.00. The van der Waals surface area contributed by atoms with Gasteiger partial charge in [-0.05, 0) is 61.5 Å². The number of allylic oxidation sites excluding steroid dienone is 1. The molecule has 4 aliphatic heterocycles. The molecular weight excluding hydrogens is 487 g/mol. The Labute approximate surface area is 214 Å². The molecule has 0 radical (unpaired) electrons. The van der Waals surface area contributed by atoms with Gasteiger partial charge in [-0.3, -0.25) is 4.79 Å². The van der Waals surface area contributed by atoms with Crippen molar-refractivity contribution in [3.8, 4) is 0 Å². The monoisotopic (exact) mass is 530 g/mol. The Kier molecular flexibility index (Phi) is 9.94. The van der Waals surface area contributed by atoms with Gasteiger partial charge in [-0.2, -0.15) is 0 Å². The van der Waals surface area contributed by atoms with E-state index in [1.54, 1.807) is 0 Å². The van der Waals surface area contributed by atoms with Gasteiger partial charge >= 0.3 is 0 Å². The predicted octanol–water partition coefficient (Wildman–Crippen LogP) is 2.37. The number of rotatable bonds is 4. The molecule has 10 heteroatoms. The number of carbonyl (C=O) groups excluding carboxylic acids is 1. The molecule has 0 saturated carbocycles. The van der Waals surface area contributed by atoms with Crippen LogP contribution in [0, 0.1) is 23.7 Å². The van der Waals surface area contributed by atoms with Gasteiger partial charge in [-0.1, -0.05) is 32.9 Å². The number of amides is 1. The average molecular weight is 531 g/mol. The Bertz CT molecular complexity index is 745. The molecule has 4 rings (SSSR count). The van der Waals surface area contributed by atoms with Crippen LogP contribution in [0.2, 0.25) is 0 Å². The molecule has 7 unspecified atom stereocenters. The molecule has 0 aromatic rings. The number of aliphatic hydroxyl groups is 2. The molecule has 0 aromatic carbocycles. The summed E-state index contributed by atoms with van der Waals surface area (Å²) in [5.41, 5.74) is -0.624. The fraction of sp³-hybridized carbons (Fsp3) is 0.880. The SMILES string of the molecule is CC(C)C[C@@H]1CCOC2C(C(=O)N[C@H]3C4OC(SCCC/C=C/[C@H]3C)C(O)P(O)C4O)NC[C@@H]2C1. The third kappa shape index (κ3) is 6.61. The van der Waals surface area contributed by atoms with Crippen molar-refractivity contribution in [3.63, 3.8) is 0 Å². The molecule has 4 aliphatic rings. The maximum Gasteiger partial charge on any atom is 0.240 e. The molecular formula is C25H43N2O6PS. The van der Waals surface area contributed by atoms with Crippen LogP contribution in [0.3, 0.4) is 0 Å². The molecule has 11 atom stereocenters. The molecule has 0 spiro atoms. The molecule has 0 aromatic heterocycles. The van der Waals surface area contributed by atoms with Gasteiger partial charge in [0.25, 0.3) is 0 Å². The van der Waals surface area contributed by atoms with Crippen molar-refractivity contribution in [2.24, 2.45) is 23.7 Å². The first-order valence-corrected chi connectivity index (χ1v) is 15.7. The van der Waals surface area contributed by atoms with Gasteiger partial charge in [0.15, 0.2) is 0 Å². The summed E-state index contributed by atoms with van der Waals surface area (Å²) in [6, 6.07) is -1.00. The standard InChI is InChI=1S/C25H43N2O6PS/c1-14(2)11-16-8-9-32-20-17(12-16)13-26-19(20)22(28)27-18-15(3)7-5-4-6-10-35-25-24(30)34(31)23(29)21(18)33-25/h5,7,14-21,23-26,29-31H,4,6,8-13H2,1-3H3,(H,27,28)/b7-5+/t15-,16+,17+,18-,19?,20?,21?,23?,24?,25?,34?/m1/s1. The van der Waals surface area contributed by atoms with E-state index in [0.717, 1.165) is 38.0 Å². The molecule has 2 bridgehead atoms. The normalized spacial score (nSPS) is 45.7. The molecule has 35 heavy (non-hydrogen) atoms. The van der Waals surface area contributed by atoms with Gasteiger partial charge in [0.1, 0.15) is 29.3 Å². The average Bonchev–Trinajstić information content (AvgIpc) is 3.09. The number of hydrogen-bond acceptors (Lipinski definition) is 8. The first kappa shape index (κ1) is 27.8. The van der Waals surface area contributed by atoms with Crippen molar-refractivity contribution in [3.05, 3.63) is 12.2 Å². The van der Waals surface area contributed by atoms with Gasteiger partial charge < -0.3 is 35.2 Å². The van der Waals surface area contributed by atoms with Crippen molar-refractivity contribution in [2.75, 3.05) is 18.9 Å². The summed E-state index contributed by atoms with van der Waals surface area (Å²) in [5, 5.41) is 27.9. The van der Waals surface area contributed by atoms with Gasteiger partial charge in [0, 0.05) is 13.2 Å². The Morgan fingerprint density at radius 1 is 1.29 bits per heavy atom. The summed E-state index contributed by atoms with van der Waals surface area (Å²) < 4.78 is 12.4. The minimum Gasteiger partial charge on any atom is -0.383 e. The fourth-order valence-electron chi connectivity index (χ4n) is 5.99. The van der Waals surface area contributed by atoms with Crippen LogP contribution in [0.1, 0.15) is 52.9 Å². The maximum absolute atomic E-state index is 13.6. The Hall–Kier alpha value is -0.250. The molecule has 5 N–H and O–H groups in total. The van der Waals surface area contributed by atoms with Crippen LogP contribution < -0.4 is 10.6 Å². The van der Waals surface area contributed by atoms with Crippen LogP contribution >= 0.6 is 19.9 Å². The van der Waals surface area contributed by atoms with Crippen LogP contribution in [0.25, 0.3) is 0 Å². The fourth-order valence-corrected chi connectivity index (χ4v) is 8.76. The lowest BCUT2D eigenvalue weighted by Crippen LogP contribution is -2.60. The Morgan fingerprint density at radius 3 is 2.86 bits per heavy atom. The lowest BCUT2D eigenvalue weighted by molar-refractivity contribution is -0.131. The zero-order valence-electron chi connectivity index (χ0n) is 21.1. The minimum absolute atomic E-state index is 0.122. The van der Waals surface area contributed by atoms with E-state index < -0.39 is 43.5 Å². The van der Waals surface area contributed by atoms with E-state index in [2.05, 4.69) is 36.6 Å². The lowest BCUT2D eigenvalue weighted by Gasteiger charge is -2.44. The summed E-state index contributed by atoms with van der Waals surface area (Å²) in [5.74, 6) is -0.275. The highest BCUT2D eigenvalue weighted by atomic mass is 32.2. The second-order valence-electron chi connectivity index (χ2n) is 11.0. The number of thioether (sulfide) groups is 1. The zero-order chi connectivity index (χ0) is 25.1. The molecule has 1 amide bonds. The smallest absolute Gasteiger partial charge is 0.240 e. The van der Waals surface area contributed by atoms with E-state index >= 15 is 0 Å². The third-order valence-corrected chi connectivity index (χ3v) is 10.9. The molecule has 0 aliphatic carbocycles. The van der Waals surface area contributed by atoms with E-state index in [4.69, 9.17) is 9.47 Å². The van der Waals surface area contributed by atoms with E-state index in [1.807, 2.05) is 6.92 Å². The number of ether oxygens (including phenoxy) is 2. The highest BCUT2D eigenvalue weighted by Crippen LogP contribution is 2.51. The topological polar surface area (TPSA) is 120 Å². The number of carbonyl (C=O) groups is 1. The van der Waals surface area contributed by atoms with Crippen LogP contribution in [0.5, 0.6) is 0 Å². The van der Waals surface area contributed by atoms with Crippen molar-refractivity contribution in [2.45, 2.75) is 94.3 Å². The van der Waals surface area contributed by atoms with Gasteiger partial charge in [0.2, 0.25) is 5.91 Å². The number of fused-ring (bicyclic) bond motifs is 3. The predicted molar refractivity (Wildman–Crippen MR) is 139 cm³/mol. The second kappa shape index (κ2) is 12.5. The minimum atomic E-state index is -2.07. The molecule has 200 valence electrons. The maximum atomic E-state index is 13.6. The van der Waals surface area contributed by atoms with Crippen molar-refractivity contribution >= 4 is 25.8 Å². The van der Waals surface area contributed by atoms with E-state index in [1.165, 1.54) is 18.2 Å². The Morgan fingerprint density at radius 2 is 2.09 bits per heavy atom. The Balaban J connectivity index is 1.49. The quantitative estimate of drug-likeness (QED) is 0.278. The summed E-state index contributed by atoms with van der Waals surface area (Å²) >= 11 is 1.46. The number of aliphatic hydroxyl groups excluding tert-OH is 2. The highest BCUT2D eigenvalue weighted by Gasteiger charge is 2.50. The van der Waals surface area contributed by atoms with Gasteiger partial charge in [-0.15, -0.1) is 11.8 Å².